The number of aliphatic imine (C=N–C) groups is 1. The van der Waals surface area contributed by atoms with Gasteiger partial charge in [0, 0.05) is 30.6 Å². The third kappa shape index (κ3) is 5.13. The number of nitrogens with one attached hydrogen (secondary N) is 2. The standard InChI is InChI=1S/C17H23N7S.HI/c1-4-18-17(20-11-14-12(2)21-13(3)25-14)19-9-8-16-23-22-15-7-5-6-10-24(15)16;/h5-7,10H,4,8-9,11H2,1-3H3,(H2,18,19,20);1H. The Labute approximate surface area is 174 Å². The second kappa shape index (κ2) is 9.81. The van der Waals surface area contributed by atoms with Crippen molar-refractivity contribution in [3.05, 3.63) is 45.8 Å². The number of aryl methyl sites for hydroxylation is 2. The maximum atomic E-state index is 4.66. The van der Waals surface area contributed by atoms with Gasteiger partial charge in [-0.05, 0) is 32.9 Å². The molecular weight excluding hydrogens is 461 g/mol. The van der Waals surface area contributed by atoms with Gasteiger partial charge in [-0.1, -0.05) is 6.07 Å². The molecule has 0 bridgehead atoms. The van der Waals surface area contributed by atoms with Crippen LogP contribution in [0.2, 0.25) is 0 Å². The lowest BCUT2D eigenvalue weighted by Crippen LogP contribution is -2.38. The predicted molar refractivity (Wildman–Crippen MR) is 117 cm³/mol. The molecule has 0 aliphatic carbocycles. The van der Waals surface area contributed by atoms with Crippen molar-refractivity contribution in [1.82, 2.24) is 30.2 Å². The fraction of sp³-hybridized carbons (Fsp3) is 0.412. The van der Waals surface area contributed by atoms with Gasteiger partial charge >= 0.3 is 0 Å². The summed E-state index contributed by atoms with van der Waals surface area (Å²) in [4.78, 5) is 10.3. The molecule has 0 saturated carbocycles. The predicted octanol–water partition coefficient (Wildman–Crippen LogP) is 2.72. The van der Waals surface area contributed by atoms with Crippen molar-refractivity contribution in [2.24, 2.45) is 4.99 Å². The Morgan fingerprint density at radius 2 is 2.08 bits per heavy atom. The first-order valence-corrected chi connectivity index (χ1v) is 9.22. The van der Waals surface area contributed by atoms with Crippen LogP contribution in [-0.4, -0.2) is 38.6 Å². The van der Waals surface area contributed by atoms with Crippen molar-refractivity contribution in [1.29, 1.82) is 0 Å². The fourth-order valence-corrected chi connectivity index (χ4v) is 3.43. The van der Waals surface area contributed by atoms with Crippen LogP contribution >= 0.6 is 35.3 Å². The van der Waals surface area contributed by atoms with Crippen LogP contribution in [0.3, 0.4) is 0 Å². The number of aromatic nitrogens is 4. The van der Waals surface area contributed by atoms with Gasteiger partial charge in [-0.3, -0.25) is 4.40 Å². The minimum atomic E-state index is 0. The number of halogens is 1. The molecule has 26 heavy (non-hydrogen) atoms. The van der Waals surface area contributed by atoms with Gasteiger partial charge in [0.1, 0.15) is 5.82 Å². The van der Waals surface area contributed by atoms with Gasteiger partial charge in [0.25, 0.3) is 0 Å². The van der Waals surface area contributed by atoms with E-state index in [4.69, 9.17) is 0 Å². The number of thiazole rings is 1. The highest BCUT2D eigenvalue weighted by Crippen LogP contribution is 2.17. The first-order valence-electron chi connectivity index (χ1n) is 8.41. The van der Waals surface area contributed by atoms with E-state index in [1.54, 1.807) is 11.3 Å². The molecule has 3 aromatic heterocycles. The Morgan fingerprint density at radius 1 is 1.23 bits per heavy atom. The van der Waals surface area contributed by atoms with Crippen molar-refractivity contribution >= 4 is 46.9 Å². The third-order valence-corrected chi connectivity index (χ3v) is 4.81. The van der Waals surface area contributed by atoms with E-state index >= 15 is 0 Å². The summed E-state index contributed by atoms with van der Waals surface area (Å²) in [7, 11) is 0. The zero-order chi connectivity index (χ0) is 17.6. The fourth-order valence-electron chi connectivity index (χ4n) is 2.57. The molecule has 140 valence electrons. The smallest absolute Gasteiger partial charge is 0.191 e. The van der Waals surface area contributed by atoms with Crippen LogP contribution in [0.15, 0.2) is 29.4 Å². The molecular formula is C17H24IN7S. The highest BCUT2D eigenvalue weighted by Gasteiger charge is 2.06. The lowest BCUT2D eigenvalue weighted by Gasteiger charge is -2.10. The van der Waals surface area contributed by atoms with Crippen LogP contribution in [0.25, 0.3) is 5.65 Å². The molecule has 0 aromatic carbocycles. The van der Waals surface area contributed by atoms with Gasteiger partial charge in [0.05, 0.1) is 17.2 Å². The molecule has 0 unspecified atom stereocenters. The van der Waals surface area contributed by atoms with E-state index in [1.165, 1.54) is 4.88 Å². The van der Waals surface area contributed by atoms with E-state index in [1.807, 2.05) is 42.6 Å². The summed E-state index contributed by atoms with van der Waals surface area (Å²) in [6, 6.07) is 5.90. The van der Waals surface area contributed by atoms with Crippen LogP contribution in [0.5, 0.6) is 0 Å². The Kier molecular flexibility index (Phi) is 7.76. The molecule has 0 atom stereocenters. The number of guanidine groups is 1. The van der Waals surface area contributed by atoms with E-state index in [2.05, 4.69) is 37.7 Å². The van der Waals surface area contributed by atoms with Crippen molar-refractivity contribution in [3.63, 3.8) is 0 Å². The second-order valence-electron chi connectivity index (χ2n) is 5.66. The molecule has 0 aliphatic rings. The van der Waals surface area contributed by atoms with E-state index in [-0.39, 0.29) is 24.0 Å². The summed E-state index contributed by atoms with van der Waals surface area (Å²) < 4.78 is 2.01. The maximum absolute atomic E-state index is 4.66. The summed E-state index contributed by atoms with van der Waals surface area (Å²) >= 11 is 1.70. The van der Waals surface area contributed by atoms with Crippen molar-refractivity contribution in [2.75, 3.05) is 13.1 Å². The lowest BCUT2D eigenvalue weighted by molar-refractivity contribution is 0.763. The molecule has 0 aliphatic heterocycles. The monoisotopic (exact) mass is 485 g/mol. The topological polar surface area (TPSA) is 79.5 Å². The zero-order valence-electron chi connectivity index (χ0n) is 15.2. The van der Waals surface area contributed by atoms with Crippen LogP contribution in [0.1, 0.15) is 28.3 Å². The molecule has 9 heteroatoms. The third-order valence-electron chi connectivity index (χ3n) is 3.75. The number of fused-ring (bicyclic) bond motifs is 1. The summed E-state index contributed by atoms with van der Waals surface area (Å²) in [5.74, 6) is 1.75. The molecule has 2 N–H and O–H groups in total. The van der Waals surface area contributed by atoms with E-state index in [0.717, 1.165) is 47.6 Å². The molecule has 0 fully saturated rings. The summed E-state index contributed by atoms with van der Waals surface area (Å²) in [6.45, 7) is 8.32. The maximum Gasteiger partial charge on any atom is 0.191 e. The van der Waals surface area contributed by atoms with Crippen molar-refractivity contribution in [3.8, 4) is 0 Å². The summed E-state index contributed by atoms with van der Waals surface area (Å²) in [5, 5.41) is 16.1. The van der Waals surface area contributed by atoms with E-state index in [0.29, 0.717) is 6.54 Å². The molecule has 3 aromatic rings. The summed E-state index contributed by atoms with van der Waals surface area (Å²) in [6.07, 6.45) is 2.76. The van der Waals surface area contributed by atoms with E-state index in [9.17, 15) is 0 Å². The summed E-state index contributed by atoms with van der Waals surface area (Å²) in [5.41, 5.74) is 1.94. The van der Waals surface area contributed by atoms with Crippen LogP contribution in [0.4, 0.5) is 0 Å². The number of nitrogens with zero attached hydrogens (tertiary/aromatic N) is 5. The Morgan fingerprint density at radius 3 is 2.81 bits per heavy atom. The molecule has 0 radical (unpaired) electrons. The Bertz CT molecular complexity index is 871. The molecule has 0 spiro atoms. The highest BCUT2D eigenvalue weighted by molar-refractivity contribution is 14.0. The quantitative estimate of drug-likeness (QED) is 0.319. The van der Waals surface area contributed by atoms with Crippen LogP contribution in [0, 0.1) is 13.8 Å². The van der Waals surface area contributed by atoms with Gasteiger partial charge in [0.2, 0.25) is 0 Å². The van der Waals surface area contributed by atoms with Crippen molar-refractivity contribution < 1.29 is 0 Å². The molecule has 7 nitrogen and oxygen atoms in total. The first-order chi connectivity index (χ1) is 12.2. The average molecular weight is 485 g/mol. The van der Waals surface area contributed by atoms with Crippen LogP contribution < -0.4 is 10.6 Å². The van der Waals surface area contributed by atoms with Crippen LogP contribution in [-0.2, 0) is 13.0 Å². The van der Waals surface area contributed by atoms with Gasteiger partial charge in [-0.25, -0.2) is 9.98 Å². The molecule has 3 rings (SSSR count). The van der Waals surface area contributed by atoms with Gasteiger partial charge < -0.3 is 10.6 Å². The SMILES string of the molecule is CCNC(=NCc1sc(C)nc1C)NCCc1nnc2ccccn12.I. The molecule has 3 heterocycles. The molecule has 0 saturated heterocycles. The number of pyridine rings is 1. The van der Waals surface area contributed by atoms with Crippen molar-refractivity contribution in [2.45, 2.75) is 33.7 Å². The Balaban J connectivity index is 0.00000243. The average Bonchev–Trinajstić information content (AvgIpc) is 3.15. The number of hydrogen-bond acceptors (Lipinski definition) is 5. The van der Waals surface area contributed by atoms with Gasteiger partial charge in [-0.15, -0.1) is 45.5 Å². The Hall–Kier alpha value is -1.75. The van der Waals surface area contributed by atoms with Gasteiger partial charge in [-0.2, -0.15) is 0 Å². The molecule has 0 amide bonds. The minimum Gasteiger partial charge on any atom is -0.357 e. The zero-order valence-corrected chi connectivity index (χ0v) is 18.3. The van der Waals surface area contributed by atoms with E-state index < -0.39 is 0 Å². The largest absolute Gasteiger partial charge is 0.357 e. The first kappa shape index (κ1) is 20.6. The minimum absolute atomic E-state index is 0. The normalized spacial score (nSPS) is 11.4. The lowest BCUT2D eigenvalue weighted by atomic mass is 10.4. The number of hydrogen-bond donors (Lipinski definition) is 2. The van der Waals surface area contributed by atoms with Gasteiger partial charge in [0.15, 0.2) is 11.6 Å². The number of rotatable bonds is 6. The second-order valence-corrected chi connectivity index (χ2v) is 6.95. The highest BCUT2D eigenvalue weighted by atomic mass is 127.